The molecule has 3 aromatic carbocycles. The van der Waals surface area contributed by atoms with Gasteiger partial charge in [-0.25, -0.2) is 8.42 Å². The van der Waals surface area contributed by atoms with E-state index < -0.39 is 16.1 Å². The van der Waals surface area contributed by atoms with Crippen molar-refractivity contribution in [1.82, 2.24) is 10.2 Å². The lowest BCUT2D eigenvalue weighted by molar-refractivity contribution is -0.141. The van der Waals surface area contributed by atoms with Gasteiger partial charge in [0, 0.05) is 32.0 Å². The predicted molar refractivity (Wildman–Crippen MR) is 173 cm³/mol. The van der Waals surface area contributed by atoms with Crippen molar-refractivity contribution in [2.24, 2.45) is 0 Å². The Bertz CT molecular complexity index is 1430. The highest BCUT2D eigenvalue weighted by Gasteiger charge is 2.31. The topological polar surface area (TPSA) is 96.0 Å². The maximum atomic E-state index is 14.0. The van der Waals surface area contributed by atoms with Gasteiger partial charge in [0.15, 0.2) is 0 Å². The van der Waals surface area contributed by atoms with Gasteiger partial charge in [-0.2, -0.15) is 0 Å². The van der Waals surface area contributed by atoms with Crippen LogP contribution in [0.4, 0.5) is 5.69 Å². The summed E-state index contributed by atoms with van der Waals surface area (Å²) in [4.78, 5) is 29.3. The van der Waals surface area contributed by atoms with Crippen molar-refractivity contribution in [1.29, 1.82) is 0 Å². The number of anilines is 1. The number of amides is 2. The SMILES string of the molecule is CCc1ccc(N(CCCC(=O)N(Cc2cccc(OC)c2)[C@H](Cc2ccccc2)C(=O)N[C@H](C)CC)S(C)(=O)=O)cc1. The molecule has 8 nitrogen and oxygen atoms in total. The molecule has 0 saturated carbocycles. The van der Waals surface area contributed by atoms with Crippen LogP contribution >= 0.6 is 0 Å². The maximum absolute atomic E-state index is 14.0. The average molecular weight is 608 g/mol. The number of rotatable bonds is 16. The van der Waals surface area contributed by atoms with Gasteiger partial charge in [-0.3, -0.25) is 13.9 Å². The van der Waals surface area contributed by atoms with Crippen LogP contribution in [-0.4, -0.2) is 57.1 Å². The minimum atomic E-state index is -3.57. The smallest absolute Gasteiger partial charge is 0.243 e. The zero-order valence-electron chi connectivity index (χ0n) is 26.0. The van der Waals surface area contributed by atoms with Crippen molar-refractivity contribution < 1.29 is 22.7 Å². The van der Waals surface area contributed by atoms with Crippen LogP contribution in [-0.2, 0) is 39.0 Å². The minimum Gasteiger partial charge on any atom is -0.497 e. The summed E-state index contributed by atoms with van der Waals surface area (Å²) in [5.41, 5.74) is 3.45. The number of hydrogen-bond acceptors (Lipinski definition) is 5. The third kappa shape index (κ3) is 10.1. The first-order valence-corrected chi connectivity index (χ1v) is 16.7. The molecular formula is C34H45N3O5S. The highest BCUT2D eigenvalue weighted by atomic mass is 32.2. The Balaban J connectivity index is 1.90. The summed E-state index contributed by atoms with van der Waals surface area (Å²) in [6, 6.07) is 23.7. The molecule has 3 aromatic rings. The molecule has 1 N–H and O–H groups in total. The van der Waals surface area contributed by atoms with E-state index in [0.717, 1.165) is 29.5 Å². The standard InChI is InChI=1S/C34H45N3O5S/c1-6-26(3)35-34(39)32(24-28-13-9-8-10-14-28)36(25-29-15-11-16-31(23-29)42-4)33(38)17-12-22-37(43(5,40)41)30-20-18-27(7-2)19-21-30/h8-11,13-16,18-21,23,26,32H,6-7,12,17,22,24-25H2,1-5H3,(H,35,39)/t26-,32-/m1/s1. The van der Waals surface area contributed by atoms with E-state index in [1.54, 1.807) is 24.1 Å². The van der Waals surface area contributed by atoms with E-state index in [-0.39, 0.29) is 37.4 Å². The van der Waals surface area contributed by atoms with Gasteiger partial charge in [0.1, 0.15) is 11.8 Å². The first-order valence-electron chi connectivity index (χ1n) is 14.9. The Hall–Kier alpha value is -3.85. The molecule has 0 fully saturated rings. The molecule has 0 aliphatic carbocycles. The van der Waals surface area contributed by atoms with Crippen molar-refractivity contribution >= 4 is 27.5 Å². The van der Waals surface area contributed by atoms with Crippen LogP contribution < -0.4 is 14.4 Å². The van der Waals surface area contributed by atoms with Crippen LogP contribution in [0.15, 0.2) is 78.9 Å². The number of carbonyl (C=O) groups excluding carboxylic acids is 2. The Morgan fingerprint density at radius 2 is 1.58 bits per heavy atom. The zero-order chi connectivity index (χ0) is 31.4. The molecule has 0 aliphatic heterocycles. The fourth-order valence-corrected chi connectivity index (χ4v) is 5.83. The summed E-state index contributed by atoms with van der Waals surface area (Å²) in [5, 5.41) is 3.07. The lowest BCUT2D eigenvalue weighted by Crippen LogP contribution is -2.52. The Kier molecular flexibility index (Phi) is 12.6. The average Bonchev–Trinajstić information content (AvgIpc) is 3.00. The van der Waals surface area contributed by atoms with Crippen molar-refractivity contribution in [3.8, 4) is 5.75 Å². The molecule has 0 radical (unpaired) electrons. The van der Waals surface area contributed by atoms with Gasteiger partial charge in [-0.05, 0) is 67.1 Å². The largest absolute Gasteiger partial charge is 0.497 e. The van der Waals surface area contributed by atoms with Crippen LogP contribution in [0.2, 0.25) is 0 Å². The van der Waals surface area contributed by atoms with Crippen LogP contribution in [0.1, 0.15) is 56.7 Å². The molecule has 0 aliphatic rings. The van der Waals surface area contributed by atoms with Crippen molar-refractivity contribution in [2.75, 3.05) is 24.2 Å². The van der Waals surface area contributed by atoms with Gasteiger partial charge < -0.3 is 15.0 Å². The van der Waals surface area contributed by atoms with Crippen molar-refractivity contribution in [3.63, 3.8) is 0 Å². The molecule has 0 aromatic heterocycles. The highest BCUT2D eigenvalue weighted by molar-refractivity contribution is 7.92. The molecule has 0 saturated heterocycles. The fraction of sp³-hybridized carbons (Fsp3) is 0.412. The number of sulfonamides is 1. The van der Waals surface area contributed by atoms with Gasteiger partial charge in [-0.15, -0.1) is 0 Å². The Morgan fingerprint density at radius 3 is 2.19 bits per heavy atom. The number of aryl methyl sites for hydroxylation is 1. The Morgan fingerprint density at radius 1 is 0.907 bits per heavy atom. The zero-order valence-corrected chi connectivity index (χ0v) is 26.8. The van der Waals surface area contributed by atoms with E-state index in [1.165, 1.54) is 10.6 Å². The molecule has 2 atom stereocenters. The summed E-state index contributed by atoms with van der Waals surface area (Å²) in [6.45, 7) is 6.33. The normalized spacial score (nSPS) is 12.7. The molecule has 0 bridgehead atoms. The summed E-state index contributed by atoms with van der Waals surface area (Å²) >= 11 is 0. The Labute approximate surface area is 257 Å². The lowest BCUT2D eigenvalue weighted by atomic mass is 10.0. The van der Waals surface area contributed by atoms with Crippen LogP contribution in [0.5, 0.6) is 5.75 Å². The number of carbonyl (C=O) groups is 2. The van der Waals surface area contributed by atoms with E-state index in [2.05, 4.69) is 5.32 Å². The molecule has 0 heterocycles. The van der Waals surface area contributed by atoms with E-state index in [0.29, 0.717) is 24.3 Å². The molecule has 232 valence electrons. The summed E-state index contributed by atoms with van der Waals surface area (Å²) in [6.07, 6.45) is 3.50. The minimum absolute atomic E-state index is 0.0537. The van der Waals surface area contributed by atoms with E-state index in [1.807, 2.05) is 87.5 Å². The third-order valence-electron chi connectivity index (χ3n) is 7.54. The second-order valence-electron chi connectivity index (χ2n) is 10.9. The molecule has 43 heavy (non-hydrogen) atoms. The van der Waals surface area contributed by atoms with Crippen molar-refractivity contribution in [3.05, 3.63) is 95.6 Å². The van der Waals surface area contributed by atoms with Gasteiger partial charge in [0.2, 0.25) is 21.8 Å². The molecule has 9 heteroatoms. The molecule has 3 rings (SSSR count). The molecular weight excluding hydrogens is 562 g/mol. The van der Waals surface area contributed by atoms with E-state index >= 15 is 0 Å². The quantitative estimate of drug-likeness (QED) is 0.237. The van der Waals surface area contributed by atoms with E-state index in [9.17, 15) is 18.0 Å². The fourth-order valence-electron chi connectivity index (χ4n) is 4.86. The monoisotopic (exact) mass is 607 g/mol. The second kappa shape index (κ2) is 16.1. The lowest BCUT2D eigenvalue weighted by Gasteiger charge is -2.33. The van der Waals surface area contributed by atoms with Gasteiger partial charge in [0.25, 0.3) is 0 Å². The van der Waals surface area contributed by atoms with E-state index in [4.69, 9.17) is 4.74 Å². The number of benzene rings is 3. The number of methoxy groups -OCH3 is 1. The highest BCUT2D eigenvalue weighted by Crippen LogP contribution is 2.22. The molecule has 0 spiro atoms. The summed E-state index contributed by atoms with van der Waals surface area (Å²) < 4.78 is 32.1. The second-order valence-corrected chi connectivity index (χ2v) is 12.8. The van der Waals surface area contributed by atoms with Crippen molar-refractivity contribution in [2.45, 2.75) is 71.5 Å². The predicted octanol–water partition coefficient (Wildman–Crippen LogP) is 5.36. The summed E-state index contributed by atoms with van der Waals surface area (Å²) in [7, 11) is -1.98. The number of hydrogen-bond donors (Lipinski definition) is 1. The van der Waals surface area contributed by atoms with Gasteiger partial charge >= 0.3 is 0 Å². The number of nitrogens with zero attached hydrogens (tertiary/aromatic N) is 2. The van der Waals surface area contributed by atoms with Gasteiger partial charge in [0.05, 0.1) is 19.1 Å². The first-order chi connectivity index (χ1) is 20.5. The van der Waals surface area contributed by atoms with Crippen LogP contribution in [0.3, 0.4) is 0 Å². The van der Waals surface area contributed by atoms with Crippen LogP contribution in [0.25, 0.3) is 0 Å². The first kappa shape index (κ1) is 33.6. The maximum Gasteiger partial charge on any atom is 0.243 e. The molecule has 2 amide bonds. The van der Waals surface area contributed by atoms with Gasteiger partial charge in [-0.1, -0.05) is 68.4 Å². The molecule has 0 unspecified atom stereocenters. The summed E-state index contributed by atoms with van der Waals surface area (Å²) in [5.74, 6) is 0.215. The number of nitrogens with one attached hydrogen (secondary N) is 1. The number of ether oxygens (including phenoxy) is 1. The third-order valence-corrected chi connectivity index (χ3v) is 8.74. The van der Waals surface area contributed by atoms with Crippen LogP contribution in [0, 0.1) is 0 Å².